The van der Waals surface area contributed by atoms with Gasteiger partial charge in [0.25, 0.3) is 0 Å². The van der Waals surface area contributed by atoms with Crippen LogP contribution in [0.2, 0.25) is 18.1 Å². The van der Waals surface area contributed by atoms with Crippen molar-refractivity contribution in [3.05, 3.63) is 0 Å². The summed E-state index contributed by atoms with van der Waals surface area (Å²) in [5.41, 5.74) is -0.279. The molecule has 0 bridgehead atoms. The highest BCUT2D eigenvalue weighted by atomic mass is 28.4. The molecule has 5 atom stereocenters. The van der Waals surface area contributed by atoms with Crippen molar-refractivity contribution in [2.24, 2.45) is 11.8 Å². The first-order valence-corrected chi connectivity index (χ1v) is 13.9. The van der Waals surface area contributed by atoms with Crippen LogP contribution in [0.1, 0.15) is 86.0 Å². The molecule has 0 spiro atoms. The minimum absolute atomic E-state index is 0.0848. The molecule has 6 heteroatoms. The first-order valence-electron chi connectivity index (χ1n) is 11.0. The molecule has 3 N–H and O–H groups in total. The van der Waals surface area contributed by atoms with Gasteiger partial charge in [-0.3, -0.25) is 4.79 Å². The summed E-state index contributed by atoms with van der Waals surface area (Å²) in [6.07, 6.45) is 4.71. The second-order valence-corrected chi connectivity index (χ2v) is 15.3. The lowest BCUT2D eigenvalue weighted by Crippen LogP contribution is -2.49. The van der Waals surface area contributed by atoms with Crippen LogP contribution >= 0.6 is 0 Å². The topological polar surface area (TPSA) is 87.0 Å². The molecule has 0 radical (unpaired) electrons. The number of rotatable bonds is 11. The van der Waals surface area contributed by atoms with Crippen molar-refractivity contribution in [3.63, 3.8) is 0 Å². The zero-order valence-electron chi connectivity index (χ0n) is 19.1. The van der Waals surface area contributed by atoms with Crippen LogP contribution in [0.4, 0.5) is 0 Å². The van der Waals surface area contributed by atoms with Gasteiger partial charge in [-0.2, -0.15) is 0 Å². The standard InChI is InChI=1S/C22H44O5Si/c1-8-9-10-12-22(5,27-28(6,7)21(2,3)4)13-11-16-17(14-20(25)26)19(24)15-18(16)23/h16-19,23-24H,8-15H2,1-7H3,(H,25,26)/t16-,17-,18-,19+,22+/m1/s1. The third-order valence-corrected chi connectivity index (χ3v) is 11.7. The van der Waals surface area contributed by atoms with Crippen LogP contribution in [0.5, 0.6) is 0 Å². The number of aliphatic hydroxyl groups is 2. The molecule has 166 valence electrons. The van der Waals surface area contributed by atoms with Crippen LogP contribution in [-0.2, 0) is 9.22 Å². The van der Waals surface area contributed by atoms with E-state index in [0.717, 1.165) is 25.7 Å². The Morgan fingerprint density at radius 3 is 2.11 bits per heavy atom. The number of carbonyl (C=O) groups is 1. The summed E-state index contributed by atoms with van der Waals surface area (Å²) in [6, 6.07) is 0. The predicted molar refractivity (Wildman–Crippen MR) is 116 cm³/mol. The molecule has 1 fully saturated rings. The maximum atomic E-state index is 11.2. The van der Waals surface area contributed by atoms with Gasteiger partial charge in [0.05, 0.1) is 24.2 Å². The smallest absolute Gasteiger partial charge is 0.303 e. The summed E-state index contributed by atoms with van der Waals surface area (Å²) < 4.78 is 6.85. The maximum absolute atomic E-state index is 11.2. The summed E-state index contributed by atoms with van der Waals surface area (Å²) in [7, 11) is -1.96. The van der Waals surface area contributed by atoms with Gasteiger partial charge in [-0.25, -0.2) is 0 Å². The number of hydrogen-bond donors (Lipinski definition) is 3. The zero-order valence-corrected chi connectivity index (χ0v) is 20.1. The lowest BCUT2D eigenvalue weighted by Gasteiger charge is -2.45. The molecular weight excluding hydrogens is 372 g/mol. The van der Waals surface area contributed by atoms with Crippen LogP contribution in [0.3, 0.4) is 0 Å². The number of carboxylic acid groups (broad SMARTS) is 1. The van der Waals surface area contributed by atoms with Crippen LogP contribution < -0.4 is 0 Å². The van der Waals surface area contributed by atoms with E-state index in [2.05, 4.69) is 47.7 Å². The van der Waals surface area contributed by atoms with E-state index in [1.807, 2.05) is 0 Å². The van der Waals surface area contributed by atoms with E-state index in [4.69, 9.17) is 4.43 Å². The molecule has 0 saturated heterocycles. The Morgan fingerprint density at radius 1 is 1.04 bits per heavy atom. The molecule has 0 heterocycles. The van der Waals surface area contributed by atoms with Gasteiger partial charge in [0.2, 0.25) is 0 Å². The average molecular weight is 417 g/mol. The molecule has 1 aliphatic rings. The fraction of sp³-hybridized carbons (Fsp3) is 0.955. The molecule has 0 aromatic carbocycles. The van der Waals surface area contributed by atoms with Gasteiger partial charge in [0.1, 0.15) is 0 Å². The van der Waals surface area contributed by atoms with E-state index in [1.165, 1.54) is 6.42 Å². The first-order chi connectivity index (χ1) is 12.7. The highest BCUT2D eigenvalue weighted by Crippen LogP contribution is 2.44. The van der Waals surface area contributed by atoms with Crippen LogP contribution in [0.15, 0.2) is 0 Å². The SMILES string of the molecule is CCCCC[C@@](C)(CC[C@@H]1[C@@H](CC(=O)O)[C@@H](O)C[C@H]1O)O[Si](C)(C)C(C)(C)C. The summed E-state index contributed by atoms with van der Waals surface area (Å²) in [5, 5.41) is 30.0. The van der Waals surface area contributed by atoms with Crippen molar-refractivity contribution < 1.29 is 24.5 Å². The van der Waals surface area contributed by atoms with E-state index in [-0.39, 0.29) is 35.3 Å². The van der Waals surface area contributed by atoms with Crippen molar-refractivity contribution >= 4 is 14.3 Å². The molecule has 0 unspecified atom stereocenters. The Labute approximate surface area is 173 Å². The number of carboxylic acids is 1. The van der Waals surface area contributed by atoms with Gasteiger partial charge in [0.15, 0.2) is 8.32 Å². The largest absolute Gasteiger partial charge is 0.481 e. The monoisotopic (exact) mass is 416 g/mol. The summed E-state index contributed by atoms with van der Waals surface area (Å²) in [4.78, 5) is 11.2. The molecule has 0 aliphatic heterocycles. The van der Waals surface area contributed by atoms with Crippen molar-refractivity contribution in [1.29, 1.82) is 0 Å². The van der Waals surface area contributed by atoms with E-state index in [0.29, 0.717) is 6.42 Å². The second-order valence-electron chi connectivity index (χ2n) is 10.6. The van der Waals surface area contributed by atoms with Gasteiger partial charge >= 0.3 is 5.97 Å². The summed E-state index contributed by atoms with van der Waals surface area (Å²) >= 11 is 0. The third-order valence-electron chi connectivity index (χ3n) is 7.06. The van der Waals surface area contributed by atoms with Gasteiger partial charge < -0.3 is 19.7 Å². The highest BCUT2D eigenvalue weighted by Gasteiger charge is 2.46. The lowest BCUT2D eigenvalue weighted by molar-refractivity contribution is -0.139. The Hall–Kier alpha value is -0.433. The lowest BCUT2D eigenvalue weighted by atomic mass is 9.82. The van der Waals surface area contributed by atoms with Gasteiger partial charge in [-0.05, 0) is 56.7 Å². The van der Waals surface area contributed by atoms with Crippen LogP contribution in [0, 0.1) is 11.8 Å². The van der Waals surface area contributed by atoms with Gasteiger partial charge in [0, 0.05) is 5.92 Å². The van der Waals surface area contributed by atoms with E-state index < -0.39 is 26.5 Å². The van der Waals surface area contributed by atoms with Crippen LogP contribution in [-0.4, -0.2) is 47.4 Å². The Bertz CT molecular complexity index is 502. The van der Waals surface area contributed by atoms with Crippen molar-refractivity contribution in [2.45, 2.75) is 122 Å². The van der Waals surface area contributed by atoms with Crippen molar-refractivity contribution in [2.75, 3.05) is 0 Å². The number of unbranched alkanes of at least 4 members (excludes halogenated alkanes) is 2. The van der Waals surface area contributed by atoms with Crippen LogP contribution in [0.25, 0.3) is 0 Å². The molecular formula is C22H44O5Si. The molecule has 5 nitrogen and oxygen atoms in total. The second kappa shape index (κ2) is 10.1. The molecule has 28 heavy (non-hydrogen) atoms. The van der Waals surface area contributed by atoms with Gasteiger partial charge in [-0.15, -0.1) is 0 Å². The fourth-order valence-corrected chi connectivity index (χ4v) is 6.02. The normalized spacial score (nSPS) is 28.3. The number of aliphatic hydroxyl groups excluding tert-OH is 2. The summed E-state index contributed by atoms with van der Waals surface area (Å²) in [5.74, 6) is -1.47. The molecule has 1 saturated carbocycles. The van der Waals surface area contributed by atoms with E-state index >= 15 is 0 Å². The Kier molecular flexibility index (Phi) is 9.19. The third kappa shape index (κ3) is 7.12. The van der Waals surface area contributed by atoms with Crippen molar-refractivity contribution in [3.8, 4) is 0 Å². The first kappa shape index (κ1) is 25.6. The fourth-order valence-electron chi connectivity index (χ4n) is 4.28. The highest BCUT2D eigenvalue weighted by molar-refractivity contribution is 6.74. The number of aliphatic carboxylic acids is 1. The van der Waals surface area contributed by atoms with Gasteiger partial charge in [-0.1, -0.05) is 47.0 Å². The Morgan fingerprint density at radius 2 is 1.61 bits per heavy atom. The minimum atomic E-state index is -1.96. The van der Waals surface area contributed by atoms with E-state index in [1.54, 1.807) is 0 Å². The minimum Gasteiger partial charge on any atom is -0.481 e. The Balaban J connectivity index is 2.92. The number of hydrogen-bond acceptors (Lipinski definition) is 4. The molecule has 1 rings (SSSR count). The average Bonchev–Trinajstić information content (AvgIpc) is 2.77. The quantitative estimate of drug-likeness (QED) is 0.327. The molecule has 0 aromatic heterocycles. The molecule has 0 aromatic rings. The van der Waals surface area contributed by atoms with E-state index in [9.17, 15) is 20.1 Å². The summed E-state index contributed by atoms with van der Waals surface area (Å²) in [6.45, 7) is 15.6. The predicted octanol–water partition coefficient (Wildman–Crippen LogP) is 4.96. The van der Waals surface area contributed by atoms with Crippen molar-refractivity contribution in [1.82, 2.24) is 0 Å². The maximum Gasteiger partial charge on any atom is 0.303 e. The molecule has 1 aliphatic carbocycles. The zero-order chi connectivity index (χ0) is 21.8. The molecule has 0 amide bonds.